The third-order valence-electron chi connectivity index (χ3n) is 2.62. The minimum Gasteiger partial charge on any atom is -0.306 e. The molecule has 0 heterocycles. The molecule has 2 amide bonds. The van der Waals surface area contributed by atoms with E-state index in [9.17, 15) is 4.79 Å². The van der Waals surface area contributed by atoms with E-state index in [2.05, 4.69) is 10.8 Å². The predicted molar refractivity (Wildman–Crippen MR) is 76.9 cm³/mol. The van der Waals surface area contributed by atoms with E-state index in [1.165, 1.54) is 0 Å². The van der Waals surface area contributed by atoms with Gasteiger partial charge in [0.1, 0.15) is 0 Å². The number of hydrogen-bond donors (Lipinski definition) is 2. The summed E-state index contributed by atoms with van der Waals surface area (Å²) in [6.07, 6.45) is 0. The topological polar surface area (TPSA) is 50.4 Å². The fourth-order valence-corrected chi connectivity index (χ4v) is 1.76. The zero-order valence-corrected chi connectivity index (χ0v) is 11.1. The molecule has 2 N–H and O–H groups in total. The van der Waals surface area contributed by atoms with E-state index in [0.29, 0.717) is 12.5 Å². The Balaban J connectivity index is 2.03. The fourth-order valence-electron chi connectivity index (χ4n) is 1.76. The van der Waals surface area contributed by atoms with Gasteiger partial charge in [0.15, 0.2) is 0 Å². The van der Waals surface area contributed by atoms with E-state index < -0.39 is 0 Å². The summed E-state index contributed by atoms with van der Waals surface area (Å²) in [5, 5.41) is 4.87. The molecule has 0 saturated carbocycles. The number of nitrogens with one attached hydrogen (secondary N) is 2. The highest BCUT2D eigenvalue weighted by Crippen LogP contribution is 2.22. The highest BCUT2D eigenvalue weighted by atomic mass is 16.7. The maximum absolute atomic E-state index is 11.7. The number of urea groups is 1. The molecule has 0 bridgehead atoms. The zero-order chi connectivity index (χ0) is 13.7. The van der Waals surface area contributed by atoms with Gasteiger partial charge >= 0.3 is 6.03 Å². The van der Waals surface area contributed by atoms with Crippen LogP contribution in [0.3, 0.4) is 0 Å². The first-order valence-electron chi connectivity index (χ1n) is 6.33. The minimum absolute atomic E-state index is 0.364. The summed E-state index contributed by atoms with van der Waals surface area (Å²) in [5.74, 6) is 0.373. The van der Waals surface area contributed by atoms with Gasteiger partial charge in [-0.3, -0.25) is 4.84 Å². The summed E-state index contributed by atoms with van der Waals surface area (Å²) in [4.78, 5) is 16.8. The second-order valence-corrected chi connectivity index (χ2v) is 4.79. The third-order valence-corrected chi connectivity index (χ3v) is 2.62. The molecular formula is C15H18N2O2. The van der Waals surface area contributed by atoms with Gasteiger partial charge in [-0.05, 0) is 17.4 Å². The monoisotopic (exact) mass is 258 g/mol. The van der Waals surface area contributed by atoms with Crippen LogP contribution >= 0.6 is 0 Å². The van der Waals surface area contributed by atoms with E-state index >= 15 is 0 Å². The van der Waals surface area contributed by atoms with Crippen molar-refractivity contribution in [1.82, 2.24) is 5.48 Å². The Labute approximate surface area is 112 Å². The molecule has 0 aliphatic rings. The first kappa shape index (κ1) is 13.4. The van der Waals surface area contributed by atoms with Gasteiger partial charge in [-0.15, -0.1) is 0 Å². The van der Waals surface area contributed by atoms with E-state index in [1.807, 2.05) is 56.3 Å². The van der Waals surface area contributed by atoms with Gasteiger partial charge < -0.3 is 5.32 Å². The summed E-state index contributed by atoms with van der Waals surface area (Å²) in [6.45, 7) is 4.53. The zero-order valence-electron chi connectivity index (χ0n) is 11.1. The van der Waals surface area contributed by atoms with Crippen molar-refractivity contribution in [3.63, 3.8) is 0 Å². The standard InChI is InChI=1S/C15H18N2O2/c1-11(2)10-19-17-15(18)16-14-9-5-7-12-6-3-4-8-13(12)14/h3-9,11H,10H2,1-2H3,(H2,16,17,18). The molecule has 100 valence electrons. The number of amides is 2. The van der Waals surface area contributed by atoms with Crippen LogP contribution in [0.4, 0.5) is 10.5 Å². The Morgan fingerprint density at radius 3 is 2.68 bits per heavy atom. The lowest BCUT2D eigenvalue weighted by Crippen LogP contribution is -2.30. The normalized spacial score (nSPS) is 10.7. The smallest absolute Gasteiger partial charge is 0.306 e. The molecule has 0 fully saturated rings. The van der Waals surface area contributed by atoms with Crippen LogP contribution in [0.1, 0.15) is 13.8 Å². The Hall–Kier alpha value is -2.07. The number of fused-ring (bicyclic) bond motifs is 1. The van der Waals surface area contributed by atoms with Crippen molar-refractivity contribution < 1.29 is 9.63 Å². The lowest BCUT2D eigenvalue weighted by atomic mass is 10.1. The fraction of sp³-hybridized carbons (Fsp3) is 0.267. The minimum atomic E-state index is -0.364. The van der Waals surface area contributed by atoms with Gasteiger partial charge in [-0.1, -0.05) is 50.2 Å². The number of hydrogen-bond acceptors (Lipinski definition) is 2. The lowest BCUT2D eigenvalue weighted by molar-refractivity contribution is 0.0482. The Morgan fingerprint density at radius 2 is 1.89 bits per heavy atom. The molecule has 2 aromatic carbocycles. The molecule has 0 aromatic heterocycles. The van der Waals surface area contributed by atoms with Crippen LogP contribution in [0.25, 0.3) is 10.8 Å². The van der Waals surface area contributed by atoms with Crippen molar-refractivity contribution in [2.24, 2.45) is 5.92 Å². The van der Waals surface area contributed by atoms with Crippen LogP contribution < -0.4 is 10.8 Å². The average Bonchev–Trinajstić information content (AvgIpc) is 2.39. The predicted octanol–water partition coefficient (Wildman–Crippen LogP) is 3.55. The molecule has 0 spiro atoms. The summed E-state index contributed by atoms with van der Waals surface area (Å²) < 4.78 is 0. The molecule has 0 aliphatic carbocycles. The SMILES string of the molecule is CC(C)CONC(=O)Nc1cccc2ccccc12. The average molecular weight is 258 g/mol. The van der Waals surface area contributed by atoms with Crippen LogP contribution in [0.2, 0.25) is 0 Å². The summed E-state index contributed by atoms with van der Waals surface area (Å²) in [5.41, 5.74) is 3.14. The molecule has 2 rings (SSSR count). The largest absolute Gasteiger partial charge is 0.343 e. The Bertz CT molecular complexity index is 562. The molecule has 4 nitrogen and oxygen atoms in total. The van der Waals surface area contributed by atoms with Gasteiger partial charge in [0.2, 0.25) is 0 Å². The van der Waals surface area contributed by atoms with Crippen molar-refractivity contribution in [3.05, 3.63) is 42.5 Å². The Morgan fingerprint density at radius 1 is 1.16 bits per heavy atom. The summed E-state index contributed by atoms with van der Waals surface area (Å²) in [7, 11) is 0. The maximum Gasteiger partial charge on any atom is 0.343 e. The second kappa shape index (κ2) is 6.20. The number of hydroxylamine groups is 1. The van der Waals surface area contributed by atoms with Crippen molar-refractivity contribution >= 4 is 22.5 Å². The molecule has 19 heavy (non-hydrogen) atoms. The van der Waals surface area contributed by atoms with Crippen molar-refractivity contribution in [3.8, 4) is 0 Å². The van der Waals surface area contributed by atoms with E-state index in [4.69, 9.17) is 4.84 Å². The van der Waals surface area contributed by atoms with Crippen molar-refractivity contribution in [1.29, 1.82) is 0 Å². The van der Waals surface area contributed by atoms with Crippen LogP contribution in [-0.2, 0) is 4.84 Å². The Kier molecular flexibility index (Phi) is 4.36. The molecule has 2 aromatic rings. The first-order valence-corrected chi connectivity index (χ1v) is 6.33. The number of carbonyl (C=O) groups excluding carboxylic acids is 1. The number of carbonyl (C=O) groups is 1. The number of anilines is 1. The van der Waals surface area contributed by atoms with Gasteiger partial charge in [0, 0.05) is 5.39 Å². The van der Waals surface area contributed by atoms with Gasteiger partial charge in [0.05, 0.1) is 12.3 Å². The highest BCUT2D eigenvalue weighted by Gasteiger charge is 2.05. The van der Waals surface area contributed by atoms with E-state index in [0.717, 1.165) is 16.5 Å². The van der Waals surface area contributed by atoms with Crippen LogP contribution in [0, 0.1) is 5.92 Å². The third kappa shape index (κ3) is 3.69. The van der Waals surface area contributed by atoms with Crippen LogP contribution in [-0.4, -0.2) is 12.6 Å². The van der Waals surface area contributed by atoms with Crippen molar-refractivity contribution in [2.75, 3.05) is 11.9 Å². The van der Waals surface area contributed by atoms with Gasteiger partial charge in [-0.2, -0.15) is 0 Å². The van der Waals surface area contributed by atoms with Gasteiger partial charge in [-0.25, -0.2) is 10.3 Å². The lowest BCUT2D eigenvalue weighted by Gasteiger charge is -2.11. The molecule has 0 atom stereocenters. The molecule has 0 unspecified atom stereocenters. The van der Waals surface area contributed by atoms with E-state index in [1.54, 1.807) is 0 Å². The van der Waals surface area contributed by atoms with Crippen LogP contribution in [0.15, 0.2) is 42.5 Å². The quantitative estimate of drug-likeness (QED) is 0.824. The van der Waals surface area contributed by atoms with Gasteiger partial charge in [0.25, 0.3) is 0 Å². The molecular weight excluding hydrogens is 240 g/mol. The molecule has 4 heteroatoms. The molecule has 0 aliphatic heterocycles. The summed E-state index contributed by atoms with van der Waals surface area (Å²) in [6, 6.07) is 13.3. The van der Waals surface area contributed by atoms with E-state index in [-0.39, 0.29) is 6.03 Å². The second-order valence-electron chi connectivity index (χ2n) is 4.79. The number of rotatable bonds is 4. The highest BCUT2D eigenvalue weighted by molar-refractivity contribution is 6.01. The molecule has 0 saturated heterocycles. The number of benzene rings is 2. The van der Waals surface area contributed by atoms with Crippen molar-refractivity contribution in [2.45, 2.75) is 13.8 Å². The first-order chi connectivity index (χ1) is 9.16. The van der Waals surface area contributed by atoms with Crippen LogP contribution in [0.5, 0.6) is 0 Å². The summed E-state index contributed by atoms with van der Waals surface area (Å²) >= 11 is 0. The maximum atomic E-state index is 11.7. The molecule has 0 radical (unpaired) electrons.